The normalized spacial score (nSPS) is 10.7. The lowest BCUT2D eigenvalue weighted by Gasteiger charge is -2.13. The van der Waals surface area contributed by atoms with Crippen LogP contribution in [-0.2, 0) is 12.5 Å². The number of rotatable bonds is 4. The summed E-state index contributed by atoms with van der Waals surface area (Å²) in [5.41, 5.74) is 3.97. The second-order valence-electron chi connectivity index (χ2n) is 4.73. The van der Waals surface area contributed by atoms with E-state index in [1.165, 1.54) is 6.07 Å². The highest BCUT2D eigenvalue weighted by molar-refractivity contribution is 6.30. The van der Waals surface area contributed by atoms with Crippen molar-refractivity contribution in [3.8, 4) is 5.75 Å². The van der Waals surface area contributed by atoms with Crippen molar-refractivity contribution in [1.82, 2.24) is 0 Å². The highest BCUT2D eigenvalue weighted by Gasteiger charge is 2.07. The molecule has 0 radical (unpaired) electrons. The quantitative estimate of drug-likeness (QED) is 0.685. The van der Waals surface area contributed by atoms with Crippen LogP contribution in [0.15, 0.2) is 30.3 Å². The van der Waals surface area contributed by atoms with Gasteiger partial charge in [-0.2, -0.15) is 0 Å². The predicted octanol–water partition coefficient (Wildman–Crippen LogP) is 5.41. The molecule has 2 aromatic carbocycles. The van der Waals surface area contributed by atoms with Crippen LogP contribution in [0.3, 0.4) is 0 Å². The van der Waals surface area contributed by atoms with Gasteiger partial charge in [0.25, 0.3) is 0 Å². The zero-order valence-electron chi connectivity index (χ0n) is 11.3. The Labute approximate surface area is 128 Å². The van der Waals surface area contributed by atoms with Gasteiger partial charge in [0, 0.05) is 5.88 Å². The minimum Gasteiger partial charge on any atom is -0.488 e. The Bertz CT molecular complexity index is 603. The fraction of sp³-hybridized carbons (Fsp3) is 0.250. The van der Waals surface area contributed by atoms with E-state index in [9.17, 15) is 4.39 Å². The van der Waals surface area contributed by atoms with Gasteiger partial charge in [0.15, 0.2) is 0 Å². The number of ether oxygens (including phenoxy) is 1. The summed E-state index contributed by atoms with van der Waals surface area (Å²) in [5.74, 6) is 0.892. The monoisotopic (exact) mass is 312 g/mol. The van der Waals surface area contributed by atoms with Gasteiger partial charge in [0.05, 0.1) is 5.02 Å². The fourth-order valence-electron chi connectivity index (χ4n) is 2.13. The average Bonchev–Trinajstić information content (AvgIpc) is 2.41. The zero-order valence-corrected chi connectivity index (χ0v) is 12.9. The highest BCUT2D eigenvalue weighted by atomic mass is 35.5. The summed E-state index contributed by atoms with van der Waals surface area (Å²) >= 11 is 11.6. The fourth-order valence-corrected chi connectivity index (χ4v) is 2.49. The van der Waals surface area contributed by atoms with Crippen LogP contribution in [0, 0.1) is 19.7 Å². The average molecular weight is 313 g/mol. The number of aryl methyl sites for hydroxylation is 2. The predicted molar refractivity (Wildman–Crippen MR) is 81.2 cm³/mol. The molecule has 0 unspecified atom stereocenters. The van der Waals surface area contributed by atoms with Gasteiger partial charge in [-0.3, -0.25) is 0 Å². The van der Waals surface area contributed by atoms with Gasteiger partial charge in [0.1, 0.15) is 18.2 Å². The van der Waals surface area contributed by atoms with Gasteiger partial charge in [-0.1, -0.05) is 29.8 Å². The minimum atomic E-state index is -0.422. The van der Waals surface area contributed by atoms with Crippen molar-refractivity contribution in [2.24, 2.45) is 0 Å². The lowest BCUT2D eigenvalue weighted by Crippen LogP contribution is -2.00. The van der Waals surface area contributed by atoms with Crippen LogP contribution >= 0.6 is 23.2 Å². The Kier molecular flexibility index (Phi) is 4.90. The van der Waals surface area contributed by atoms with Gasteiger partial charge < -0.3 is 4.74 Å². The number of alkyl halides is 1. The van der Waals surface area contributed by atoms with Crippen molar-refractivity contribution in [3.63, 3.8) is 0 Å². The number of hydrogen-bond donors (Lipinski definition) is 0. The molecule has 1 nitrogen and oxygen atoms in total. The first-order valence-electron chi connectivity index (χ1n) is 6.24. The van der Waals surface area contributed by atoms with Gasteiger partial charge in [-0.05, 0) is 48.2 Å². The van der Waals surface area contributed by atoms with E-state index in [1.54, 1.807) is 12.1 Å². The van der Waals surface area contributed by atoms with Crippen LogP contribution in [0.25, 0.3) is 0 Å². The Morgan fingerprint density at radius 1 is 1.05 bits per heavy atom. The van der Waals surface area contributed by atoms with Gasteiger partial charge in [0.2, 0.25) is 0 Å². The molecule has 0 aliphatic rings. The van der Waals surface area contributed by atoms with Crippen LogP contribution in [0.4, 0.5) is 4.39 Å². The van der Waals surface area contributed by atoms with E-state index in [0.717, 1.165) is 28.0 Å². The zero-order chi connectivity index (χ0) is 14.7. The molecule has 0 aliphatic heterocycles. The molecule has 0 heterocycles. The van der Waals surface area contributed by atoms with Crippen LogP contribution in [-0.4, -0.2) is 0 Å². The van der Waals surface area contributed by atoms with Crippen LogP contribution in [0.5, 0.6) is 5.75 Å². The van der Waals surface area contributed by atoms with E-state index in [4.69, 9.17) is 27.9 Å². The third-order valence-electron chi connectivity index (χ3n) is 3.04. The molecule has 20 heavy (non-hydrogen) atoms. The molecule has 106 valence electrons. The second kappa shape index (κ2) is 6.47. The standard InChI is InChI=1S/C16H15Cl2FO/c1-10-5-13(8-17)6-11(2)16(10)20-9-12-3-4-15(19)14(18)7-12/h3-7H,8-9H2,1-2H3. The van der Waals surface area contributed by atoms with E-state index >= 15 is 0 Å². The number of halogens is 3. The molecule has 0 saturated heterocycles. The van der Waals surface area contributed by atoms with E-state index in [0.29, 0.717) is 12.5 Å². The molecule has 0 fully saturated rings. The molecular weight excluding hydrogens is 298 g/mol. The summed E-state index contributed by atoms with van der Waals surface area (Å²) in [6.45, 7) is 4.31. The van der Waals surface area contributed by atoms with Crippen molar-refractivity contribution in [1.29, 1.82) is 0 Å². The molecule has 0 atom stereocenters. The molecule has 0 aliphatic carbocycles. The van der Waals surface area contributed by atoms with Crippen molar-refractivity contribution < 1.29 is 9.13 Å². The first-order chi connectivity index (χ1) is 9.51. The maximum Gasteiger partial charge on any atom is 0.141 e. The Hall–Kier alpha value is -1.25. The molecule has 0 aromatic heterocycles. The molecule has 2 aromatic rings. The molecule has 0 amide bonds. The van der Waals surface area contributed by atoms with E-state index in [2.05, 4.69) is 0 Å². The highest BCUT2D eigenvalue weighted by Crippen LogP contribution is 2.27. The largest absolute Gasteiger partial charge is 0.488 e. The summed E-state index contributed by atoms with van der Waals surface area (Å²) in [4.78, 5) is 0. The third kappa shape index (κ3) is 3.44. The summed E-state index contributed by atoms with van der Waals surface area (Å²) in [7, 11) is 0. The topological polar surface area (TPSA) is 9.23 Å². The molecule has 0 spiro atoms. The van der Waals surface area contributed by atoms with Crippen molar-refractivity contribution >= 4 is 23.2 Å². The third-order valence-corrected chi connectivity index (χ3v) is 3.64. The van der Waals surface area contributed by atoms with Gasteiger partial charge in [-0.15, -0.1) is 11.6 Å². The van der Waals surface area contributed by atoms with Crippen LogP contribution in [0.2, 0.25) is 5.02 Å². The van der Waals surface area contributed by atoms with Gasteiger partial charge >= 0.3 is 0 Å². The van der Waals surface area contributed by atoms with E-state index in [-0.39, 0.29) is 5.02 Å². The molecule has 0 bridgehead atoms. The lowest BCUT2D eigenvalue weighted by atomic mass is 10.1. The second-order valence-corrected chi connectivity index (χ2v) is 5.40. The smallest absolute Gasteiger partial charge is 0.141 e. The van der Waals surface area contributed by atoms with Crippen LogP contribution in [0.1, 0.15) is 22.3 Å². The Morgan fingerprint density at radius 2 is 1.70 bits per heavy atom. The van der Waals surface area contributed by atoms with Crippen molar-refractivity contribution in [2.75, 3.05) is 0 Å². The summed E-state index contributed by atoms with van der Waals surface area (Å²) < 4.78 is 18.9. The van der Waals surface area contributed by atoms with Crippen molar-refractivity contribution in [3.05, 3.63) is 63.4 Å². The summed E-state index contributed by atoms with van der Waals surface area (Å²) in [6.07, 6.45) is 0. The molecule has 0 N–H and O–H groups in total. The SMILES string of the molecule is Cc1cc(CCl)cc(C)c1OCc1ccc(F)c(Cl)c1. The molecule has 2 rings (SSSR count). The Morgan fingerprint density at radius 3 is 2.25 bits per heavy atom. The number of benzene rings is 2. The lowest BCUT2D eigenvalue weighted by molar-refractivity contribution is 0.301. The summed E-state index contributed by atoms with van der Waals surface area (Å²) in [6, 6.07) is 8.60. The number of hydrogen-bond acceptors (Lipinski definition) is 1. The van der Waals surface area contributed by atoms with E-state index in [1.807, 2.05) is 26.0 Å². The molecular formula is C16H15Cl2FO. The molecule has 0 saturated carbocycles. The maximum atomic E-state index is 13.1. The first kappa shape index (κ1) is 15.1. The Balaban J connectivity index is 2.16. The minimum absolute atomic E-state index is 0.108. The first-order valence-corrected chi connectivity index (χ1v) is 7.15. The van der Waals surface area contributed by atoms with Crippen molar-refractivity contribution in [2.45, 2.75) is 26.3 Å². The van der Waals surface area contributed by atoms with Crippen LogP contribution < -0.4 is 4.74 Å². The van der Waals surface area contributed by atoms with E-state index < -0.39 is 5.82 Å². The summed E-state index contributed by atoms with van der Waals surface area (Å²) in [5, 5.41) is 0.108. The van der Waals surface area contributed by atoms with Gasteiger partial charge in [-0.25, -0.2) is 4.39 Å². The maximum absolute atomic E-state index is 13.1. The molecule has 4 heteroatoms.